The Morgan fingerprint density at radius 3 is 2.53 bits per heavy atom. The van der Waals surface area contributed by atoms with Crippen molar-refractivity contribution >= 4 is 17.6 Å². The average Bonchev–Trinajstić information content (AvgIpc) is 2.93. The molecule has 1 N–H and O–H groups in total. The van der Waals surface area contributed by atoms with Gasteiger partial charge in [-0.2, -0.15) is 0 Å². The van der Waals surface area contributed by atoms with Crippen LogP contribution in [0.2, 0.25) is 5.02 Å². The molecule has 0 aromatic heterocycles. The normalized spacial score (nSPS) is 19.0. The molecule has 0 saturated heterocycles. The molecule has 1 saturated carbocycles. The first-order valence-electron chi connectivity index (χ1n) is 6.50. The van der Waals surface area contributed by atoms with Gasteiger partial charge in [0, 0.05) is 30.4 Å². The molecule has 5 heteroatoms. The van der Waals surface area contributed by atoms with E-state index in [0.717, 1.165) is 31.2 Å². The molecule has 0 unspecified atom stereocenters. The molecule has 102 valence electrons. The summed E-state index contributed by atoms with van der Waals surface area (Å²) in [6, 6.07) is 3.55. The van der Waals surface area contributed by atoms with Gasteiger partial charge in [0.2, 0.25) is 0 Å². The number of halogens is 1. The fourth-order valence-electron chi connectivity index (χ4n) is 2.71. The van der Waals surface area contributed by atoms with Gasteiger partial charge < -0.3 is 14.6 Å². The van der Waals surface area contributed by atoms with Crippen molar-refractivity contribution in [1.82, 2.24) is 0 Å². The standard InChI is InChI=1S/C14H15ClO4/c15-10-8-12-11(7-9(10)3-4-13(16)17)18-14(19-12)5-1-2-6-14/h7-8H,1-6H2,(H,16,17). The summed E-state index contributed by atoms with van der Waals surface area (Å²) in [5.74, 6) is 0.0236. The third-order valence-electron chi connectivity index (χ3n) is 3.68. The van der Waals surface area contributed by atoms with Crippen LogP contribution in [0.25, 0.3) is 0 Å². The van der Waals surface area contributed by atoms with Crippen molar-refractivity contribution in [2.24, 2.45) is 0 Å². The number of carboxylic acids is 1. The number of hydrogen-bond acceptors (Lipinski definition) is 3. The Balaban J connectivity index is 1.83. The summed E-state index contributed by atoms with van der Waals surface area (Å²) in [4.78, 5) is 10.6. The maximum absolute atomic E-state index is 10.6. The third-order valence-corrected chi connectivity index (χ3v) is 4.03. The van der Waals surface area contributed by atoms with Crippen molar-refractivity contribution in [2.45, 2.75) is 44.3 Å². The largest absolute Gasteiger partial charge is 0.481 e. The number of benzene rings is 1. The zero-order chi connectivity index (χ0) is 13.5. The molecule has 1 aliphatic heterocycles. The molecule has 1 aromatic rings. The minimum absolute atomic E-state index is 0.0600. The molecule has 0 atom stereocenters. The molecular weight excluding hydrogens is 268 g/mol. The van der Waals surface area contributed by atoms with Gasteiger partial charge in [-0.15, -0.1) is 0 Å². The van der Waals surface area contributed by atoms with Gasteiger partial charge in [0.1, 0.15) is 0 Å². The number of aryl methyl sites for hydroxylation is 1. The van der Waals surface area contributed by atoms with E-state index in [9.17, 15) is 4.79 Å². The highest BCUT2D eigenvalue weighted by Crippen LogP contribution is 2.48. The van der Waals surface area contributed by atoms with Crippen LogP contribution in [0.3, 0.4) is 0 Å². The first-order chi connectivity index (χ1) is 9.08. The first kappa shape index (κ1) is 12.6. The second-order valence-electron chi connectivity index (χ2n) is 5.11. The molecule has 0 radical (unpaired) electrons. The van der Waals surface area contributed by atoms with E-state index < -0.39 is 11.8 Å². The minimum Gasteiger partial charge on any atom is -0.481 e. The number of carbonyl (C=O) groups is 1. The van der Waals surface area contributed by atoms with Crippen molar-refractivity contribution in [1.29, 1.82) is 0 Å². The van der Waals surface area contributed by atoms with E-state index in [1.165, 1.54) is 0 Å². The molecule has 1 heterocycles. The fourth-order valence-corrected chi connectivity index (χ4v) is 2.96. The smallest absolute Gasteiger partial charge is 0.303 e. The van der Waals surface area contributed by atoms with Crippen LogP contribution >= 0.6 is 11.6 Å². The molecular formula is C14H15ClO4. The molecule has 0 bridgehead atoms. The quantitative estimate of drug-likeness (QED) is 0.923. The van der Waals surface area contributed by atoms with Crippen molar-refractivity contribution in [3.8, 4) is 11.5 Å². The Bertz CT molecular complexity index is 520. The summed E-state index contributed by atoms with van der Waals surface area (Å²) < 4.78 is 11.8. The predicted molar refractivity (Wildman–Crippen MR) is 69.9 cm³/mol. The Hall–Kier alpha value is -1.42. The highest BCUT2D eigenvalue weighted by Gasteiger charge is 2.44. The monoisotopic (exact) mass is 282 g/mol. The number of rotatable bonds is 3. The summed E-state index contributed by atoms with van der Waals surface area (Å²) in [7, 11) is 0. The second-order valence-corrected chi connectivity index (χ2v) is 5.51. The molecule has 0 amide bonds. The minimum atomic E-state index is -0.832. The first-order valence-corrected chi connectivity index (χ1v) is 6.88. The van der Waals surface area contributed by atoms with Crippen LogP contribution < -0.4 is 9.47 Å². The second kappa shape index (κ2) is 4.60. The van der Waals surface area contributed by atoms with Gasteiger partial charge in [-0.1, -0.05) is 11.6 Å². The van der Waals surface area contributed by atoms with Crippen LogP contribution in [0.5, 0.6) is 11.5 Å². The fraction of sp³-hybridized carbons (Fsp3) is 0.500. The van der Waals surface area contributed by atoms with E-state index in [1.807, 2.05) is 6.07 Å². The van der Waals surface area contributed by atoms with Gasteiger partial charge in [0.15, 0.2) is 11.5 Å². The number of hydrogen-bond donors (Lipinski definition) is 1. The van der Waals surface area contributed by atoms with E-state index in [1.54, 1.807) is 6.07 Å². The lowest BCUT2D eigenvalue weighted by Crippen LogP contribution is -2.34. The summed E-state index contributed by atoms with van der Waals surface area (Å²) >= 11 is 6.16. The van der Waals surface area contributed by atoms with E-state index in [-0.39, 0.29) is 6.42 Å². The SMILES string of the molecule is O=C(O)CCc1cc2c(cc1Cl)OC1(CCCC1)O2. The molecule has 3 rings (SSSR count). The zero-order valence-corrected chi connectivity index (χ0v) is 11.2. The lowest BCUT2D eigenvalue weighted by Gasteiger charge is -2.21. The Kier molecular flexibility index (Phi) is 3.05. The predicted octanol–water partition coefficient (Wildman–Crippen LogP) is 3.40. The van der Waals surface area contributed by atoms with E-state index in [4.69, 9.17) is 26.2 Å². The van der Waals surface area contributed by atoms with Gasteiger partial charge in [0.05, 0.1) is 0 Å². The molecule has 4 nitrogen and oxygen atoms in total. The van der Waals surface area contributed by atoms with Crippen molar-refractivity contribution in [2.75, 3.05) is 0 Å². The Labute approximate surface area is 116 Å². The topological polar surface area (TPSA) is 55.8 Å². The highest BCUT2D eigenvalue weighted by molar-refractivity contribution is 6.31. The molecule has 2 aliphatic rings. The van der Waals surface area contributed by atoms with Crippen LogP contribution in [0.4, 0.5) is 0 Å². The molecule has 1 aromatic carbocycles. The van der Waals surface area contributed by atoms with Crippen molar-refractivity contribution in [3.63, 3.8) is 0 Å². The van der Waals surface area contributed by atoms with Gasteiger partial charge in [-0.05, 0) is 30.9 Å². The summed E-state index contributed by atoms with van der Waals surface area (Å²) in [6.07, 6.45) is 4.46. The lowest BCUT2D eigenvalue weighted by molar-refractivity contribution is -0.136. The van der Waals surface area contributed by atoms with Gasteiger partial charge >= 0.3 is 5.97 Å². The van der Waals surface area contributed by atoms with Crippen molar-refractivity contribution in [3.05, 3.63) is 22.7 Å². The van der Waals surface area contributed by atoms with Gasteiger partial charge in [-0.3, -0.25) is 4.79 Å². The van der Waals surface area contributed by atoms with Crippen molar-refractivity contribution < 1.29 is 19.4 Å². The molecule has 19 heavy (non-hydrogen) atoms. The molecule has 1 aliphatic carbocycles. The number of aliphatic carboxylic acids is 1. The average molecular weight is 283 g/mol. The molecule has 1 fully saturated rings. The summed E-state index contributed by atoms with van der Waals surface area (Å²) in [6.45, 7) is 0. The summed E-state index contributed by atoms with van der Waals surface area (Å²) in [5, 5.41) is 9.27. The van der Waals surface area contributed by atoms with E-state index in [0.29, 0.717) is 22.9 Å². The van der Waals surface area contributed by atoms with Crippen LogP contribution in [0.15, 0.2) is 12.1 Å². The van der Waals surface area contributed by atoms with Crippen LogP contribution in [-0.2, 0) is 11.2 Å². The Morgan fingerprint density at radius 1 is 1.26 bits per heavy atom. The lowest BCUT2D eigenvalue weighted by atomic mass is 10.1. The molecule has 1 spiro atoms. The van der Waals surface area contributed by atoms with E-state index >= 15 is 0 Å². The maximum Gasteiger partial charge on any atom is 0.303 e. The third kappa shape index (κ3) is 2.37. The Morgan fingerprint density at radius 2 is 1.89 bits per heavy atom. The van der Waals surface area contributed by atoms with Crippen LogP contribution in [-0.4, -0.2) is 16.9 Å². The van der Waals surface area contributed by atoms with Crippen LogP contribution in [0.1, 0.15) is 37.7 Å². The van der Waals surface area contributed by atoms with Crippen LogP contribution in [0, 0.1) is 0 Å². The zero-order valence-electron chi connectivity index (χ0n) is 10.4. The number of carboxylic acid groups (broad SMARTS) is 1. The number of ether oxygens (including phenoxy) is 2. The number of fused-ring (bicyclic) bond motifs is 1. The van der Waals surface area contributed by atoms with Gasteiger partial charge in [-0.25, -0.2) is 0 Å². The maximum atomic E-state index is 10.6. The van der Waals surface area contributed by atoms with Gasteiger partial charge in [0.25, 0.3) is 5.79 Å². The summed E-state index contributed by atoms with van der Waals surface area (Å²) in [5.41, 5.74) is 0.793. The van der Waals surface area contributed by atoms with E-state index in [2.05, 4.69) is 0 Å². The highest BCUT2D eigenvalue weighted by atomic mass is 35.5.